The highest BCUT2D eigenvalue weighted by Gasteiger charge is 2.29. The summed E-state index contributed by atoms with van der Waals surface area (Å²) in [6.45, 7) is -5.13. The van der Waals surface area contributed by atoms with Crippen molar-refractivity contribution in [2.24, 2.45) is 0 Å². The van der Waals surface area contributed by atoms with E-state index < -0.39 is 18.3 Å². The Morgan fingerprint density at radius 2 is 1.88 bits per heavy atom. The van der Waals surface area contributed by atoms with E-state index in [-0.39, 0.29) is 19.0 Å². The van der Waals surface area contributed by atoms with E-state index >= 15 is 0 Å². The molecule has 0 saturated carbocycles. The molecule has 1 aromatic rings. The van der Waals surface area contributed by atoms with Crippen LogP contribution in [-0.4, -0.2) is 27.3 Å². The summed E-state index contributed by atoms with van der Waals surface area (Å²) in [4.78, 5) is 0. The van der Waals surface area contributed by atoms with E-state index in [0.29, 0.717) is 6.07 Å². The summed E-state index contributed by atoms with van der Waals surface area (Å²) in [7, 11) is 1.41. The van der Waals surface area contributed by atoms with E-state index in [0.717, 1.165) is 12.1 Å². The average molecular weight is 237 g/mol. The van der Waals surface area contributed by atoms with Crippen LogP contribution in [0.15, 0.2) is 18.2 Å². The first-order valence-corrected chi connectivity index (χ1v) is 4.56. The van der Waals surface area contributed by atoms with Crippen molar-refractivity contribution in [3.8, 4) is 5.75 Å². The first kappa shape index (κ1) is 12.8. The maximum absolute atomic E-state index is 12.7. The molecule has 0 aliphatic carbocycles. The van der Waals surface area contributed by atoms with Gasteiger partial charge in [-0.15, -0.1) is 0 Å². The highest BCUT2D eigenvalue weighted by Crippen LogP contribution is 2.18. The topological polar surface area (TPSA) is 18.5 Å². The Labute approximate surface area is 90.2 Å². The summed E-state index contributed by atoms with van der Waals surface area (Å²) in [5.74, 6) is -1.31. The van der Waals surface area contributed by atoms with Gasteiger partial charge in [-0.1, -0.05) is 5.46 Å². The van der Waals surface area contributed by atoms with E-state index in [9.17, 15) is 17.3 Å². The predicted molar refractivity (Wildman–Crippen MR) is 52.5 cm³/mol. The standard InChI is InChI=1S/C9H10BF4O2/c1-15-4-5-16-9-3-2-7(11)6-8(9)10(12,13)14/h2-3,6H,4-5H2,1H3/q-1. The van der Waals surface area contributed by atoms with Crippen LogP contribution in [0.25, 0.3) is 0 Å². The van der Waals surface area contributed by atoms with Crippen molar-refractivity contribution in [2.75, 3.05) is 20.3 Å². The van der Waals surface area contributed by atoms with Crippen LogP contribution >= 0.6 is 0 Å². The van der Waals surface area contributed by atoms with Gasteiger partial charge in [-0.2, -0.15) is 0 Å². The smallest absolute Gasteiger partial charge is 0.494 e. The zero-order valence-corrected chi connectivity index (χ0v) is 8.55. The number of hydrogen-bond acceptors (Lipinski definition) is 2. The van der Waals surface area contributed by atoms with Gasteiger partial charge in [-0.25, -0.2) is 4.39 Å². The Morgan fingerprint density at radius 1 is 1.19 bits per heavy atom. The number of benzene rings is 1. The molecule has 0 bridgehead atoms. The van der Waals surface area contributed by atoms with Gasteiger partial charge in [0.1, 0.15) is 12.4 Å². The van der Waals surface area contributed by atoms with Gasteiger partial charge in [0.2, 0.25) is 0 Å². The normalized spacial score (nSPS) is 11.6. The molecule has 0 aliphatic rings. The molecular weight excluding hydrogens is 227 g/mol. The van der Waals surface area contributed by atoms with Crippen LogP contribution in [0.4, 0.5) is 17.3 Å². The van der Waals surface area contributed by atoms with E-state index in [1.165, 1.54) is 7.11 Å². The minimum absolute atomic E-state index is 0.0126. The molecule has 0 radical (unpaired) electrons. The monoisotopic (exact) mass is 237 g/mol. The van der Waals surface area contributed by atoms with Crippen LogP contribution in [0, 0.1) is 5.82 Å². The van der Waals surface area contributed by atoms with Gasteiger partial charge in [-0.3, -0.25) is 0 Å². The fourth-order valence-corrected chi connectivity index (χ4v) is 1.14. The molecule has 0 atom stereocenters. The third kappa shape index (κ3) is 3.41. The second-order valence-corrected chi connectivity index (χ2v) is 3.10. The second kappa shape index (κ2) is 5.20. The molecule has 16 heavy (non-hydrogen) atoms. The number of ether oxygens (including phenoxy) is 2. The number of methoxy groups -OCH3 is 1. The molecule has 0 spiro atoms. The minimum Gasteiger partial charge on any atom is -0.494 e. The molecule has 0 fully saturated rings. The molecule has 7 heteroatoms. The molecule has 1 rings (SSSR count). The lowest BCUT2D eigenvalue weighted by Gasteiger charge is -2.19. The SMILES string of the molecule is COCCOc1ccc(F)cc1[B-](F)(F)F. The van der Waals surface area contributed by atoms with Crippen LogP contribution < -0.4 is 10.2 Å². The highest BCUT2D eigenvalue weighted by atomic mass is 19.4. The maximum Gasteiger partial charge on any atom is 0.513 e. The summed E-state index contributed by atoms with van der Waals surface area (Å²) in [6.07, 6.45) is 0. The third-order valence-corrected chi connectivity index (χ3v) is 1.87. The quantitative estimate of drug-likeness (QED) is 0.442. The summed E-state index contributed by atoms with van der Waals surface area (Å²) in [5, 5.41) is 0. The van der Waals surface area contributed by atoms with Crippen molar-refractivity contribution in [3.63, 3.8) is 0 Å². The first-order valence-electron chi connectivity index (χ1n) is 4.56. The summed E-state index contributed by atoms with van der Waals surface area (Å²) in [6, 6.07) is 2.32. The van der Waals surface area contributed by atoms with Gasteiger partial charge in [0.15, 0.2) is 0 Å². The van der Waals surface area contributed by atoms with Gasteiger partial charge in [0.25, 0.3) is 0 Å². The van der Waals surface area contributed by atoms with Crippen molar-refractivity contribution in [3.05, 3.63) is 24.0 Å². The fourth-order valence-electron chi connectivity index (χ4n) is 1.14. The van der Waals surface area contributed by atoms with Crippen LogP contribution in [0.5, 0.6) is 5.75 Å². The Hall–Kier alpha value is -1.24. The maximum atomic E-state index is 12.7. The zero-order chi connectivity index (χ0) is 12.2. The van der Waals surface area contributed by atoms with Crippen molar-refractivity contribution in [2.45, 2.75) is 0 Å². The summed E-state index contributed by atoms with van der Waals surface area (Å²) >= 11 is 0. The van der Waals surface area contributed by atoms with E-state index in [2.05, 4.69) is 4.74 Å². The van der Waals surface area contributed by atoms with Crippen LogP contribution in [0.3, 0.4) is 0 Å². The lowest BCUT2D eigenvalue weighted by atomic mass is 9.79. The van der Waals surface area contributed by atoms with Crippen molar-refractivity contribution in [1.82, 2.24) is 0 Å². The molecule has 0 unspecified atom stereocenters. The molecule has 2 nitrogen and oxygen atoms in total. The van der Waals surface area contributed by atoms with Crippen LogP contribution in [0.2, 0.25) is 0 Å². The van der Waals surface area contributed by atoms with Gasteiger partial charge in [-0.05, 0) is 18.2 Å². The van der Waals surface area contributed by atoms with Crippen LogP contribution in [-0.2, 0) is 4.74 Å². The molecule has 0 aliphatic heterocycles. The zero-order valence-electron chi connectivity index (χ0n) is 8.55. The molecule has 0 N–H and O–H groups in total. The Bertz CT molecular complexity index is 354. The van der Waals surface area contributed by atoms with Crippen molar-refractivity contribution < 1.29 is 26.8 Å². The molecule has 90 valence electrons. The minimum atomic E-state index is -5.28. The molecular formula is C9H10BF4O2-. The third-order valence-electron chi connectivity index (χ3n) is 1.87. The fraction of sp³-hybridized carbons (Fsp3) is 0.333. The molecule has 0 amide bonds. The van der Waals surface area contributed by atoms with E-state index in [4.69, 9.17) is 4.74 Å². The van der Waals surface area contributed by atoms with E-state index in [1.54, 1.807) is 0 Å². The number of hydrogen-bond donors (Lipinski definition) is 0. The predicted octanol–water partition coefficient (Wildman–Crippen LogP) is 1.91. The number of rotatable bonds is 5. The average Bonchev–Trinajstić information content (AvgIpc) is 2.19. The summed E-state index contributed by atoms with van der Waals surface area (Å²) < 4.78 is 59.8. The molecule has 0 heterocycles. The highest BCUT2D eigenvalue weighted by molar-refractivity contribution is 6.74. The lowest BCUT2D eigenvalue weighted by Crippen LogP contribution is -2.36. The van der Waals surface area contributed by atoms with E-state index in [1.807, 2.05) is 0 Å². The van der Waals surface area contributed by atoms with Gasteiger partial charge in [0, 0.05) is 7.11 Å². The Balaban J connectivity index is 2.90. The van der Waals surface area contributed by atoms with Crippen molar-refractivity contribution in [1.29, 1.82) is 0 Å². The second-order valence-electron chi connectivity index (χ2n) is 3.10. The Morgan fingerprint density at radius 3 is 2.44 bits per heavy atom. The van der Waals surface area contributed by atoms with Gasteiger partial charge < -0.3 is 22.4 Å². The van der Waals surface area contributed by atoms with Crippen molar-refractivity contribution >= 4 is 12.4 Å². The van der Waals surface area contributed by atoms with Gasteiger partial charge >= 0.3 is 6.98 Å². The number of halogens is 4. The lowest BCUT2D eigenvalue weighted by molar-refractivity contribution is 0.146. The molecule has 0 aromatic heterocycles. The molecule has 1 aromatic carbocycles. The first-order chi connectivity index (χ1) is 7.45. The Kier molecular flexibility index (Phi) is 4.17. The van der Waals surface area contributed by atoms with Gasteiger partial charge in [0.05, 0.1) is 12.4 Å². The summed E-state index contributed by atoms with van der Waals surface area (Å²) in [5.41, 5.74) is -1.06. The molecule has 0 saturated heterocycles. The largest absolute Gasteiger partial charge is 0.513 e. The van der Waals surface area contributed by atoms with Crippen LogP contribution in [0.1, 0.15) is 0 Å².